The van der Waals surface area contributed by atoms with Crippen molar-refractivity contribution in [3.63, 3.8) is 0 Å². The maximum Gasteiger partial charge on any atom is 0.492 e. The van der Waals surface area contributed by atoms with E-state index in [4.69, 9.17) is 9.39 Å². The van der Waals surface area contributed by atoms with Crippen molar-refractivity contribution in [1.29, 1.82) is 0 Å². The van der Waals surface area contributed by atoms with E-state index >= 15 is 0 Å². The van der Waals surface area contributed by atoms with Gasteiger partial charge < -0.3 is 14.4 Å². The molecule has 1 aliphatic rings. The molecule has 0 fully saturated rings. The molecule has 0 aliphatic carbocycles. The number of ether oxygens (including phenoxy) is 1. The minimum absolute atomic E-state index is 0.142. The first-order chi connectivity index (χ1) is 8.13. The molecule has 1 heterocycles. The number of carbonyl (C=O) groups excluding carboxylic acids is 1. The van der Waals surface area contributed by atoms with E-state index in [1.165, 1.54) is 0 Å². The lowest BCUT2D eigenvalue weighted by Crippen LogP contribution is -2.28. The Morgan fingerprint density at radius 2 is 2.35 bits per heavy atom. The van der Waals surface area contributed by atoms with E-state index < -0.39 is 13.2 Å². The summed E-state index contributed by atoms with van der Waals surface area (Å²) in [5.41, 5.74) is 2.68. The summed E-state index contributed by atoms with van der Waals surface area (Å²) in [4.78, 5) is 11.4. The molecule has 1 aliphatic heterocycles. The van der Waals surface area contributed by atoms with Crippen molar-refractivity contribution in [2.24, 2.45) is 0 Å². The van der Waals surface area contributed by atoms with Gasteiger partial charge >= 0.3 is 13.1 Å². The Labute approximate surface area is 101 Å². The Hall–Kier alpha value is -1.33. The lowest BCUT2D eigenvalue weighted by atomic mass is 9.78. The summed E-state index contributed by atoms with van der Waals surface area (Å²) in [5, 5.41) is 9.74. The van der Waals surface area contributed by atoms with Crippen LogP contribution < -0.4 is 5.46 Å². The number of benzene rings is 1. The van der Waals surface area contributed by atoms with Crippen LogP contribution >= 0.6 is 0 Å². The van der Waals surface area contributed by atoms with Crippen molar-refractivity contribution >= 4 is 18.6 Å². The fourth-order valence-electron chi connectivity index (χ4n) is 2.18. The average Bonchev–Trinajstić information content (AvgIpc) is 2.57. The molecule has 0 saturated carbocycles. The molecule has 2 rings (SSSR count). The van der Waals surface area contributed by atoms with E-state index in [-0.39, 0.29) is 12.4 Å². The standard InChI is InChI=1S/C12H15BO4/c1-3-16-11(14)7-10-12-8(2)5-4-6-9(12)13(15)17-10/h4-6,10,15H,3,7H2,1-2H3. The summed E-state index contributed by atoms with van der Waals surface area (Å²) >= 11 is 0. The van der Waals surface area contributed by atoms with Gasteiger partial charge in [0.15, 0.2) is 0 Å². The maximum absolute atomic E-state index is 11.4. The molecule has 1 N–H and O–H groups in total. The van der Waals surface area contributed by atoms with Crippen LogP contribution in [0.3, 0.4) is 0 Å². The topological polar surface area (TPSA) is 55.8 Å². The summed E-state index contributed by atoms with van der Waals surface area (Å²) in [6.07, 6.45) is -0.261. The first kappa shape index (κ1) is 12.1. The number of hydrogen-bond acceptors (Lipinski definition) is 4. The van der Waals surface area contributed by atoms with E-state index in [9.17, 15) is 9.82 Å². The third-order valence-corrected chi connectivity index (χ3v) is 2.90. The lowest BCUT2D eigenvalue weighted by molar-refractivity contribution is -0.145. The van der Waals surface area contributed by atoms with Crippen LogP contribution in [0.4, 0.5) is 0 Å². The van der Waals surface area contributed by atoms with Gasteiger partial charge in [-0.25, -0.2) is 0 Å². The zero-order chi connectivity index (χ0) is 12.4. The van der Waals surface area contributed by atoms with Crippen molar-refractivity contribution in [2.75, 3.05) is 6.61 Å². The lowest BCUT2D eigenvalue weighted by Gasteiger charge is -2.13. The minimum Gasteiger partial charge on any atom is -0.466 e. The molecule has 0 saturated heterocycles. The van der Waals surface area contributed by atoms with E-state index in [2.05, 4.69) is 0 Å². The average molecular weight is 234 g/mol. The summed E-state index contributed by atoms with van der Waals surface area (Å²) in [6.45, 7) is 4.06. The van der Waals surface area contributed by atoms with Crippen molar-refractivity contribution in [3.05, 3.63) is 29.3 Å². The molecule has 17 heavy (non-hydrogen) atoms. The smallest absolute Gasteiger partial charge is 0.466 e. The van der Waals surface area contributed by atoms with E-state index in [0.717, 1.165) is 16.6 Å². The Bertz CT molecular complexity index is 433. The van der Waals surface area contributed by atoms with E-state index in [1.807, 2.05) is 25.1 Å². The van der Waals surface area contributed by atoms with Gasteiger partial charge in [-0.3, -0.25) is 4.79 Å². The molecule has 0 spiro atoms. The molecule has 90 valence electrons. The molecule has 4 nitrogen and oxygen atoms in total. The number of aryl methyl sites for hydroxylation is 1. The molecule has 1 atom stereocenters. The van der Waals surface area contributed by atoms with Crippen LogP contribution in [0.25, 0.3) is 0 Å². The molecule has 1 aromatic rings. The molecule has 0 radical (unpaired) electrons. The van der Waals surface area contributed by atoms with Gasteiger partial charge in [-0.1, -0.05) is 18.2 Å². The van der Waals surface area contributed by atoms with Gasteiger partial charge in [0, 0.05) is 0 Å². The third-order valence-electron chi connectivity index (χ3n) is 2.90. The number of fused-ring (bicyclic) bond motifs is 1. The summed E-state index contributed by atoms with van der Waals surface area (Å²) < 4.78 is 10.3. The highest BCUT2D eigenvalue weighted by Gasteiger charge is 2.37. The Morgan fingerprint density at radius 3 is 3.06 bits per heavy atom. The molecule has 1 aromatic carbocycles. The van der Waals surface area contributed by atoms with Crippen LogP contribution in [0.1, 0.15) is 30.6 Å². The SMILES string of the molecule is CCOC(=O)CC1OB(O)c2cccc(C)c21. The van der Waals surface area contributed by atoms with Gasteiger partial charge in [-0.05, 0) is 30.4 Å². The normalized spacial score (nSPS) is 18.1. The molecular weight excluding hydrogens is 219 g/mol. The van der Waals surface area contributed by atoms with Crippen LogP contribution in [0.5, 0.6) is 0 Å². The first-order valence-corrected chi connectivity index (χ1v) is 5.72. The highest BCUT2D eigenvalue weighted by Crippen LogP contribution is 2.29. The molecule has 0 aromatic heterocycles. The van der Waals surface area contributed by atoms with Gasteiger partial charge in [0.1, 0.15) is 0 Å². The predicted molar refractivity (Wildman–Crippen MR) is 63.9 cm³/mol. The minimum atomic E-state index is -0.940. The van der Waals surface area contributed by atoms with Gasteiger partial charge in [0.05, 0.1) is 19.1 Å². The van der Waals surface area contributed by atoms with Crippen LogP contribution in [-0.2, 0) is 14.2 Å². The second-order valence-electron chi connectivity index (χ2n) is 4.06. The van der Waals surface area contributed by atoms with Crippen LogP contribution in [-0.4, -0.2) is 24.7 Å². The van der Waals surface area contributed by atoms with Crippen molar-refractivity contribution in [1.82, 2.24) is 0 Å². The van der Waals surface area contributed by atoms with E-state index in [1.54, 1.807) is 6.92 Å². The Balaban J connectivity index is 2.21. The summed E-state index contributed by atoms with van der Waals surface area (Å²) in [7, 11) is -0.940. The quantitative estimate of drug-likeness (QED) is 0.618. The van der Waals surface area contributed by atoms with Crippen molar-refractivity contribution in [2.45, 2.75) is 26.4 Å². The largest absolute Gasteiger partial charge is 0.492 e. The van der Waals surface area contributed by atoms with Crippen molar-refractivity contribution < 1.29 is 19.2 Å². The number of hydrogen-bond donors (Lipinski definition) is 1. The third kappa shape index (κ3) is 2.35. The Kier molecular flexibility index (Phi) is 3.50. The summed E-state index contributed by atoms with van der Waals surface area (Å²) in [6, 6.07) is 5.63. The number of esters is 1. The molecule has 0 bridgehead atoms. The number of rotatable bonds is 3. The highest BCUT2D eigenvalue weighted by atomic mass is 16.5. The Morgan fingerprint density at radius 1 is 1.59 bits per heavy atom. The van der Waals surface area contributed by atoms with Crippen LogP contribution in [0.15, 0.2) is 18.2 Å². The fraction of sp³-hybridized carbons (Fsp3) is 0.417. The van der Waals surface area contributed by atoms with E-state index in [0.29, 0.717) is 6.61 Å². The first-order valence-electron chi connectivity index (χ1n) is 5.72. The molecule has 5 heteroatoms. The second kappa shape index (κ2) is 4.90. The number of carbonyl (C=O) groups is 1. The van der Waals surface area contributed by atoms with Gasteiger partial charge in [-0.2, -0.15) is 0 Å². The molecule has 0 amide bonds. The zero-order valence-electron chi connectivity index (χ0n) is 9.97. The van der Waals surface area contributed by atoms with Crippen molar-refractivity contribution in [3.8, 4) is 0 Å². The van der Waals surface area contributed by atoms with Crippen LogP contribution in [0, 0.1) is 6.92 Å². The predicted octanol–water partition coefficient (Wildman–Crippen LogP) is 0.707. The maximum atomic E-state index is 11.4. The van der Waals surface area contributed by atoms with Gasteiger partial charge in [-0.15, -0.1) is 0 Å². The van der Waals surface area contributed by atoms with Crippen LogP contribution in [0.2, 0.25) is 0 Å². The molecule has 1 unspecified atom stereocenters. The zero-order valence-corrected chi connectivity index (χ0v) is 9.97. The summed E-state index contributed by atoms with van der Waals surface area (Å²) in [5.74, 6) is -0.305. The monoisotopic (exact) mass is 234 g/mol. The van der Waals surface area contributed by atoms with Gasteiger partial charge in [0.25, 0.3) is 0 Å². The van der Waals surface area contributed by atoms with Gasteiger partial charge in [0.2, 0.25) is 0 Å². The highest BCUT2D eigenvalue weighted by molar-refractivity contribution is 6.61. The second-order valence-corrected chi connectivity index (χ2v) is 4.06. The molecular formula is C12H15BO4. The fourth-order valence-corrected chi connectivity index (χ4v) is 2.18.